The Morgan fingerprint density at radius 3 is 2.67 bits per heavy atom. The van der Waals surface area contributed by atoms with Crippen LogP contribution in [0.4, 0.5) is 0 Å². The van der Waals surface area contributed by atoms with Crippen LogP contribution in [0.5, 0.6) is 0 Å². The van der Waals surface area contributed by atoms with Crippen LogP contribution >= 0.6 is 0 Å². The standard InChI is InChI=1S/C13H18N2O3/c16-12(15-8-9-5-6-14-7-9)10-3-1-2-4-11(10)13(17)18/h5-7,10-11,14H,1-4,8H2,(H,15,16)(H,17,18). The van der Waals surface area contributed by atoms with Crippen LogP contribution in [0.15, 0.2) is 18.5 Å². The van der Waals surface area contributed by atoms with Crippen LogP contribution in [0, 0.1) is 11.8 Å². The van der Waals surface area contributed by atoms with E-state index in [1.165, 1.54) is 0 Å². The molecular formula is C13H18N2O3. The second-order valence-corrected chi connectivity index (χ2v) is 4.77. The molecule has 0 saturated heterocycles. The van der Waals surface area contributed by atoms with Crippen molar-refractivity contribution in [3.63, 3.8) is 0 Å². The van der Waals surface area contributed by atoms with Crippen molar-refractivity contribution in [3.05, 3.63) is 24.0 Å². The van der Waals surface area contributed by atoms with Crippen LogP contribution in [-0.2, 0) is 16.1 Å². The highest BCUT2D eigenvalue weighted by Gasteiger charge is 2.35. The first-order chi connectivity index (χ1) is 8.68. The van der Waals surface area contributed by atoms with Gasteiger partial charge in [-0.3, -0.25) is 9.59 Å². The molecule has 18 heavy (non-hydrogen) atoms. The fourth-order valence-electron chi connectivity index (χ4n) is 2.53. The van der Waals surface area contributed by atoms with Crippen LogP contribution in [0.25, 0.3) is 0 Å². The van der Waals surface area contributed by atoms with E-state index in [4.69, 9.17) is 5.11 Å². The van der Waals surface area contributed by atoms with Gasteiger partial charge in [0.05, 0.1) is 11.8 Å². The third-order valence-corrected chi connectivity index (χ3v) is 3.55. The molecule has 1 heterocycles. The molecular weight excluding hydrogens is 232 g/mol. The van der Waals surface area contributed by atoms with Crippen LogP contribution in [0.1, 0.15) is 31.2 Å². The van der Waals surface area contributed by atoms with Gasteiger partial charge >= 0.3 is 5.97 Å². The quantitative estimate of drug-likeness (QED) is 0.757. The van der Waals surface area contributed by atoms with Crippen molar-refractivity contribution in [2.75, 3.05) is 0 Å². The van der Waals surface area contributed by atoms with Crippen molar-refractivity contribution in [2.45, 2.75) is 32.2 Å². The van der Waals surface area contributed by atoms with Gasteiger partial charge in [0.1, 0.15) is 0 Å². The first-order valence-electron chi connectivity index (χ1n) is 6.30. The smallest absolute Gasteiger partial charge is 0.307 e. The SMILES string of the molecule is O=C(O)C1CCCCC1C(=O)NCc1cc[nH]c1. The normalized spacial score (nSPS) is 23.6. The van der Waals surface area contributed by atoms with E-state index >= 15 is 0 Å². The van der Waals surface area contributed by atoms with E-state index in [-0.39, 0.29) is 11.8 Å². The number of aliphatic carboxylic acids is 1. The van der Waals surface area contributed by atoms with E-state index in [0.29, 0.717) is 19.4 Å². The second kappa shape index (κ2) is 5.71. The van der Waals surface area contributed by atoms with Gasteiger partial charge in [-0.05, 0) is 24.5 Å². The molecule has 1 aromatic heterocycles. The summed E-state index contributed by atoms with van der Waals surface area (Å²) in [6.45, 7) is 0.450. The molecule has 0 bridgehead atoms. The number of carboxylic acids is 1. The Kier molecular flexibility index (Phi) is 4.02. The van der Waals surface area contributed by atoms with Crippen molar-refractivity contribution >= 4 is 11.9 Å². The summed E-state index contributed by atoms with van der Waals surface area (Å²) < 4.78 is 0. The van der Waals surface area contributed by atoms with E-state index < -0.39 is 11.9 Å². The summed E-state index contributed by atoms with van der Waals surface area (Å²) in [4.78, 5) is 26.1. The van der Waals surface area contributed by atoms with Gasteiger partial charge in [-0.25, -0.2) is 0 Å². The van der Waals surface area contributed by atoms with Crippen LogP contribution in [0.2, 0.25) is 0 Å². The summed E-state index contributed by atoms with van der Waals surface area (Å²) >= 11 is 0. The molecule has 0 spiro atoms. The molecule has 1 aliphatic rings. The molecule has 2 rings (SSSR count). The number of carbonyl (C=O) groups is 2. The van der Waals surface area contributed by atoms with Gasteiger partial charge < -0.3 is 15.4 Å². The van der Waals surface area contributed by atoms with Gasteiger partial charge in [0.2, 0.25) is 5.91 Å². The summed E-state index contributed by atoms with van der Waals surface area (Å²) in [6.07, 6.45) is 6.73. The molecule has 5 heteroatoms. The maximum Gasteiger partial charge on any atom is 0.307 e. The summed E-state index contributed by atoms with van der Waals surface area (Å²) in [5.41, 5.74) is 0.992. The summed E-state index contributed by atoms with van der Waals surface area (Å²) in [7, 11) is 0. The number of H-pyrrole nitrogens is 1. The van der Waals surface area contributed by atoms with E-state index in [1.54, 1.807) is 6.20 Å². The predicted octanol–water partition coefficient (Wildman–Crippen LogP) is 1.52. The molecule has 0 aromatic carbocycles. The fraction of sp³-hybridized carbons (Fsp3) is 0.538. The van der Waals surface area contributed by atoms with Gasteiger partial charge in [-0.1, -0.05) is 12.8 Å². The van der Waals surface area contributed by atoms with Crippen LogP contribution in [-0.4, -0.2) is 22.0 Å². The molecule has 1 fully saturated rings. The lowest BCUT2D eigenvalue weighted by Crippen LogP contribution is -2.39. The average molecular weight is 250 g/mol. The Balaban J connectivity index is 1.92. The zero-order valence-corrected chi connectivity index (χ0v) is 10.2. The molecule has 1 amide bonds. The zero-order chi connectivity index (χ0) is 13.0. The maximum atomic E-state index is 12.0. The molecule has 2 atom stereocenters. The lowest BCUT2D eigenvalue weighted by molar-refractivity contribution is -0.148. The first kappa shape index (κ1) is 12.7. The molecule has 3 N–H and O–H groups in total. The summed E-state index contributed by atoms with van der Waals surface area (Å²) in [6, 6.07) is 1.88. The second-order valence-electron chi connectivity index (χ2n) is 4.77. The van der Waals surface area contributed by atoms with Gasteiger partial charge in [0, 0.05) is 18.9 Å². The number of aromatic nitrogens is 1. The van der Waals surface area contributed by atoms with Crippen molar-refractivity contribution in [1.82, 2.24) is 10.3 Å². The van der Waals surface area contributed by atoms with E-state index in [2.05, 4.69) is 10.3 Å². The largest absolute Gasteiger partial charge is 0.481 e. The third-order valence-electron chi connectivity index (χ3n) is 3.55. The number of amides is 1. The van der Waals surface area contributed by atoms with Crippen molar-refractivity contribution in [3.8, 4) is 0 Å². The third kappa shape index (κ3) is 2.91. The van der Waals surface area contributed by atoms with Gasteiger partial charge in [-0.2, -0.15) is 0 Å². The number of carbonyl (C=O) groups excluding carboxylic acids is 1. The summed E-state index contributed by atoms with van der Waals surface area (Å²) in [5, 5.41) is 11.9. The molecule has 2 unspecified atom stereocenters. The lowest BCUT2D eigenvalue weighted by atomic mass is 9.78. The zero-order valence-electron chi connectivity index (χ0n) is 10.2. The van der Waals surface area contributed by atoms with Gasteiger partial charge in [0.15, 0.2) is 0 Å². The Morgan fingerprint density at radius 1 is 1.33 bits per heavy atom. The van der Waals surface area contributed by atoms with Crippen molar-refractivity contribution < 1.29 is 14.7 Å². The Labute approximate surface area is 106 Å². The molecule has 0 radical (unpaired) electrons. The van der Waals surface area contributed by atoms with E-state index in [9.17, 15) is 9.59 Å². The topological polar surface area (TPSA) is 82.2 Å². The molecule has 5 nitrogen and oxygen atoms in total. The monoisotopic (exact) mass is 250 g/mol. The Hall–Kier alpha value is -1.78. The Morgan fingerprint density at radius 2 is 2.06 bits per heavy atom. The fourth-order valence-corrected chi connectivity index (χ4v) is 2.53. The minimum absolute atomic E-state index is 0.136. The van der Waals surface area contributed by atoms with Gasteiger partial charge in [-0.15, -0.1) is 0 Å². The number of hydrogen-bond acceptors (Lipinski definition) is 2. The highest BCUT2D eigenvalue weighted by Crippen LogP contribution is 2.30. The average Bonchev–Trinajstić information content (AvgIpc) is 2.89. The molecule has 98 valence electrons. The number of aromatic amines is 1. The van der Waals surface area contributed by atoms with Crippen molar-refractivity contribution in [2.24, 2.45) is 11.8 Å². The molecule has 1 aliphatic carbocycles. The predicted molar refractivity (Wildman–Crippen MR) is 65.7 cm³/mol. The minimum atomic E-state index is -0.850. The van der Waals surface area contributed by atoms with Gasteiger partial charge in [0.25, 0.3) is 0 Å². The lowest BCUT2D eigenvalue weighted by Gasteiger charge is -2.27. The Bertz CT molecular complexity index is 414. The highest BCUT2D eigenvalue weighted by atomic mass is 16.4. The first-order valence-corrected chi connectivity index (χ1v) is 6.30. The number of carboxylic acid groups (broad SMARTS) is 1. The highest BCUT2D eigenvalue weighted by molar-refractivity contribution is 5.84. The summed E-state index contributed by atoms with van der Waals surface area (Å²) in [5.74, 6) is -1.89. The van der Waals surface area contributed by atoms with E-state index in [0.717, 1.165) is 18.4 Å². The number of nitrogens with one attached hydrogen (secondary N) is 2. The van der Waals surface area contributed by atoms with Crippen LogP contribution < -0.4 is 5.32 Å². The molecule has 1 saturated carbocycles. The van der Waals surface area contributed by atoms with E-state index in [1.807, 2.05) is 12.3 Å². The number of hydrogen-bond donors (Lipinski definition) is 3. The van der Waals surface area contributed by atoms with Crippen molar-refractivity contribution in [1.29, 1.82) is 0 Å². The van der Waals surface area contributed by atoms with Crippen LogP contribution in [0.3, 0.4) is 0 Å². The number of rotatable bonds is 4. The maximum absolute atomic E-state index is 12.0. The molecule has 1 aromatic rings. The minimum Gasteiger partial charge on any atom is -0.481 e. The molecule has 0 aliphatic heterocycles.